The summed E-state index contributed by atoms with van der Waals surface area (Å²) in [5.41, 5.74) is 0.502. The van der Waals surface area contributed by atoms with Gasteiger partial charge in [0.1, 0.15) is 11.5 Å². The van der Waals surface area contributed by atoms with Crippen molar-refractivity contribution >= 4 is 23.1 Å². The highest BCUT2D eigenvalue weighted by Crippen LogP contribution is 2.34. The zero-order chi connectivity index (χ0) is 21.8. The van der Waals surface area contributed by atoms with E-state index in [0.717, 1.165) is 18.6 Å². The molecule has 1 saturated heterocycles. The van der Waals surface area contributed by atoms with Crippen LogP contribution in [0.25, 0.3) is 0 Å². The van der Waals surface area contributed by atoms with Gasteiger partial charge in [-0.3, -0.25) is 14.9 Å². The first-order valence-corrected chi connectivity index (χ1v) is 9.74. The minimum Gasteiger partial charge on any atom is -0.454 e. The third kappa shape index (κ3) is 5.00. The van der Waals surface area contributed by atoms with E-state index >= 15 is 0 Å². The van der Waals surface area contributed by atoms with Crippen LogP contribution in [0.1, 0.15) is 41.0 Å². The predicted octanol–water partition coefficient (Wildman–Crippen LogP) is 4.26. The van der Waals surface area contributed by atoms with Crippen molar-refractivity contribution in [2.45, 2.75) is 20.3 Å². The van der Waals surface area contributed by atoms with E-state index in [4.69, 9.17) is 4.74 Å². The lowest BCUT2D eigenvalue weighted by atomic mass is 9.91. The molecule has 0 N–H and O–H groups in total. The summed E-state index contributed by atoms with van der Waals surface area (Å²) in [6, 6.07) is 9.08. The van der Waals surface area contributed by atoms with Crippen LogP contribution in [-0.2, 0) is 4.74 Å². The zero-order valence-corrected chi connectivity index (χ0v) is 16.8. The van der Waals surface area contributed by atoms with Gasteiger partial charge in [-0.1, -0.05) is 13.8 Å². The van der Waals surface area contributed by atoms with Crippen molar-refractivity contribution in [1.82, 2.24) is 0 Å². The Hall–Kier alpha value is -3.29. The van der Waals surface area contributed by atoms with Crippen molar-refractivity contribution in [3.05, 3.63) is 69.5 Å². The molecule has 8 heteroatoms. The summed E-state index contributed by atoms with van der Waals surface area (Å²) in [6.45, 7) is 5.10. The number of ketones is 1. The van der Waals surface area contributed by atoms with Gasteiger partial charge in [0.05, 0.1) is 10.5 Å². The number of esters is 1. The number of nitrogens with zero attached hydrogens (tertiary/aromatic N) is 2. The molecular formula is C22H23FN2O5. The number of piperidine rings is 1. The number of carbonyl (C=O) groups is 2. The van der Waals surface area contributed by atoms with Crippen molar-refractivity contribution < 1.29 is 23.6 Å². The summed E-state index contributed by atoms with van der Waals surface area (Å²) < 4.78 is 18.0. The molecule has 0 saturated carbocycles. The maximum absolute atomic E-state index is 12.9. The molecule has 0 radical (unpaired) electrons. The molecule has 1 aliphatic heterocycles. The fourth-order valence-electron chi connectivity index (χ4n) is 3.86. The third-order valence-corrected chi connectivity index (χ3v) is 5.12. The second-order valence-electron chi connectivity index (χ2n) is 7.82. The topological polar surface area (TPSA) is 89.8 Å². The Labute approximate surface area is 173 Å². The van der Waals surface area contributed by atoms with Gasteiger partial charge in [-0.25, -0.2) is 9.18 Å². The number of Topliss-reactive ketones (excluding diaryl/α,β-unsaturated/α-hetero) is 1. The number of rotatable bonds is 6. The smallest absolute Gasteiger partial charge is 0.338 e. The lowest BCUT2D eigenvalue weighted by molar-refractivity contribution is -0.384. The molecule has 7 nitrogen and oxygen atoms in total. The van der Waals surface area contributed by atoms with Gasteiger partial charge in [-0.2, -0.15) is 0 Å². The molecular weight excluding hydrogens is 391 g/mol. The molecule has 0 aromatic heterocycles. The van der Waals surface area contributed by atoms with Crippen LogP contribution >= 0.6 is 0 Å². The Morgan fingerprint density at radius 1 is 1.10 bits per heavy atom. The van der Waals surface area contributed by atoms with Crippen LogP contribution in [0.3, 0.4) is 0 Å². The van der Waals surface area contributed by atoms with Gasteiger partial charge in [0, 0.05) is 24.7 Å². The number of halogens is 1. The van der Waals surface area contributed by atoms with Crippen molar-refractivity contribution in [1.29, 1.82) is 0 Å². The maximum Gasteiger partial charge on any atom is 0.338 e. The first-order chi connectivity index (χ1) is 14.2. The summed E-state index contributed by atoms with van der Waals surface area (Å²) in [6.07, 6.45) is 1.07. The minimum atomic E-state index is -0.833. The molecule has 0 aliphatic carbocycles. The lowest BCUT2D eigenvalue weighted by Gasteiger charge is -2.36. The van der Waals surface area contributed by atoms with Crippen LogP contribution in [0.2, 0.25) is 0 Å². The molecule has 2 aromatic rings. The first kappa shape index (κ1) is 21.4. The minimum absolute atomic E-state index is 0.00420. The highest BCUT2D eigenvalue weighted by Gasteiger charge is 2.28. The van der Waals surface area contributed by atoms with Crippen LogP contribution < -0.4 is 4.90 Å². The number of anilines is 1. The Kier molecular flexibility index (Phi) is 6.44. The molecule has 0 unspecified atom stereocenters. The Bertz CT molecular complexity index is 951. The summed E-state index contributed by atoms with van der Waals surface area (Å²) in [5.74, 6) is -0.981. The molecule has 3 rings (SSSR count). The van der Waals surface area contributed by atoms with Crippen molar-refractivity contribution in [3.63, 3.8) is 0 Å². The fourth-order valence-corrected chi connectivity index (χ4v) is 3.86. The number of nitro benzene ring substituents is 1. The van der Waals surface area contributed by atoms with E-state index in [1.807, 2.05) is 4.90 Å². The van der Waals surface area contributed by atoms with Gasteiger partial charge in [0.15, 0.2) is 12.4 Å². The third-order valence-electron chi connectivity index (χ3n) is 5.12. The highest BCUT2D eigenvalue weighted by atomic mass is 19.1. The number of hydrogen-bond acceptors (Lipinski definition) is 6. The maximum atomic E-state index is 12.9. The van der Waals surface area contributed by atoms with Crippen LogP contribution in [0, 0.1) is 27.8 Å². The van der Waals surface area contributed by atoms with Crippen LogP contribution in [0.5, 0.6) is 0 Å². The second-order valence-corrected chi connectivity index (χ2v) is 7.82. The standard InChI is InChI=1S/C22H23FN2O5/c1-14-9-15(2)12-24(11-14)19-8-5-17(10-20(19)25(28)29)22(27)30-13-21(26)16-3-6-18(23)7-4-16/h3-8,10,14-15H,9,11-13H2,1-2H3/t14-,15+. The number of carbonyl (C=O) groups excluding carboxylic acids is 2. The van der Waals surface area contributed by atoms with Crippen LogP contribution in [0.15, 0.2) is 42.5 Å². The Balaban J connectivity index is 1.73. The lowest BCUT2D eigenvalue weighted by Crippen LogP contribution is -2.39. The van der Waals surface area contributed by atoms with E-state index in [0.29, 0.717) is 30.6 Å². The summed E-state index contributed by atoms with van der Waals surface area (Å²) in [4.78, 5) is 37.5. The van der Waals surface area contributed by atoms with E-state index < -0.39 is 29.1 Å². The summed E-state index contributed by atoms with van der Waals surface area (Å²) >= 11 is 0. The van der Waals surface area contributed by atoms with E-state index in [1.165, 1.54) is 24.3 Å². The van der Waals surface area contributed by atoms with Gasteiger partial charge < -0.3 is 9.64 Å². The average molecular weight is 414 g/mol. The SMILES string of the molecule is C[C@@H]1C[C@H](C)CN(c2ccc(C(=O)OCC(=O)c3ccc(F)cc3)cc2[N+](=O)[O-])C1. The number of hydrogen-bond donors (Lipinski definition) is 0. The first-order valence-electron chi connectivity index (χ1n) is 9.74. The number of benzene rings is 2. The van der Waals surface area contributed by atoms with Crippen molar-refractivity contribution in [2.75, 3.05) is 24.6 Å². The Morgan fingerprint density at radius 2 is 1.70 bits per heavy atom. The second kappa shape index (κ2) is 9.02. The van der Waals surface area contributed by atoms with Gasteiger partial charge in [0.25, 0.3) is 5.69 Å². The molecule has 30 heavy (non-hydrogen) atoms. The monoisotopic (exact) mass is 414 g/mol. The Morgan fingerprint density at radius 3 is 2.30 bits per heavy atom. The summed E-state index contributed by atoms with van der Waals surface area (Å²) in [7, 11) is 0. The predicted molar refractivity (Wildman–Crippen MR) is 109 cm³/mol. The van der Waals surface area contributed by atoms with Crippen LogP contribution in [-0.4, -0.2) is 36.4 Å². The molecule has 0 bridgehead atoms. The zero-order valence-electron chi connectivity index (χ0n) is 16.8. The van der Waals surface area contributed by atoms with Crippen LogP contribution in [0.4, 0.5) is 15.8 Å². The summed E-state index contributed by atoms with van der Waals surface area (Å²) in [5, 5.41) is 11.6. The highest BCUT2D eigenvalue weighted by molar-refractivity contribution is 5.99. The van der Waals surface area contributed by atoms with E-state index in [9.17, 15) is 24.1 Å². The van der Waals surface area contributed by atoms with Crippen molar-refractivity contribution in [3.8, 4) is 0 Å². The normalized spacial score (nSPS) is 18.7. The van der Waals surface area contributed by atoms with E-state index in [-0.39, 0.29) is 16.8 Å². The van der Waals surface area contributed by atoms with Gasteiger partial charge >= 0.3 is 5.97 Å². The molecule has 0 spiro atoms. The molecule has 158 valence electrons. The van der Waals surface area contributed by atoms with Gasteiger partial charge in [-0.05, 0) is 54.7 Å². The number of nitro groups is 1. The molecule has 1 fully saturated rings. The molecule has 1 aliphatic rings. The molecule has 0 amide bonds. The van der Waals surface area contributed by atoms with E-state index in [2.05, 4.69) is 13.8 Å². The largest absolute Gasteiger partial charge is 0.454 e. The quantitative estimate of drug-likeness (QED) is 0.304. The molecule has 2 aromatic carbocycles. The molecule has 2 atom stereocenters. The van der Waals surface area contributed by atoms with Crippen molar-refractivity contribution in [2.24, 2.45) is 11.8 Å². The van der Waals surface area contributed by atoms with Gasteiger partial charge in [-0.15, -0.1) is 0 Å². The average Bonchev–Trinajstić information content (AvgIpc) is 2.71. The fraction of sp³-hybridized carbons (Fsp3) is 0.364. The number of ether oxygens (including phenoxy) is 1. The van der Waals surface area contributed by atoms with Gasteiger partial charge in [0.2, 0.25) is 0 Å². The molecule has 1 heterocycles. The van der Waals surface area contributed by atoms with E-state index in [1.54, 1.807) is 6.07 Å².